The zero-order chi connectivity index (χ0) is 14.2. The number of halogens is 2. The van der Waals surface area contributed by atoms with Crippen molar-refractivity contribution in [2.75, 3.05) is 5.73 Å². The smallest absolute Gasteiger partial charge is 0.141 e. The molecule has 3 nitrogen and oxygen atoms in total. The van der Waals surface area contributed by atoms with Crippen LogP contribution in [0.25, 0.3) is 0 Å². The first kappa shape index (κ1) is 13.9. The van der Waals surface area contributed by atoms with Crippen molar-refractivity contribution in [3.63, 3.8) is 0 Å². The summed E-state index contributed by atoms with van der Waals surface area (Å²) in [6.07, 6.45) is 0. The van der Waals surface area contributed by atoms with E-state index in [4.69, 9.17) is 17.3 Å². The van der Waals surface area contributed by atoms with Gasteiger partial charge in [0.15, 0.2) is 0 Å². The van der Waals surface area contributed by atoms with Crippen molar-refractivity contribution in [2.24, 2.45) is 0 Å². The first-order chi connectivity index (χ1) is 8.79. The van der Waals surface area contributed by atoms with E-state index in [-0.39, 0.29) is 11.2 Å². The van der Waals surface area contributed by atoms with Gasteiger partial charge in [-0.2, -0.15) is 5.10 Å². The molecular formula is C14H17ClFN3. The Bertz CT molecular complexity index is 599. The van der Waals surface area contributed by atoms with Crippen molar-refractivity contribution in [3.05, 3.63) is 46.4 Å². The molecule has 0 amide bonds. The molecule has 1 aromatic heterocycles. The molecule has 19 heavy (non-hydrogen) atoms. The van der Waals surface area contributed by atoms with Crippen molar-refractivity contribution >= 4 is 17.4 Å². The lowest BCUT2D eigenvalue weighted by atomic mass is 9.92. The van der Waals surface area contributed by atoms with Crippen molar-refractivity contribution < 1.29 is 4.39 Å². The maximum atomic E-state index is 13.2. The minimum Gasteiger partial charge on any atom is -0.383 e. The average molecular weight is 282 g/mol. The number of aromatic nitrogens is 2. The van der Waals surface area contributed by atoms with Gasteiger partial charge in [-0.05, 0) is 17.7 Å². The van der Waals surface area contributed by atoms with E-state index < -0.39 is 0 Å². The molecule has 0 aliphatic carbocycles. The molecule has 0 aliphatic rings. The Hall–Kier alpha value is -1.55. The van der Waals surface area contributed by atoms with Crippen LogP contribution < -0.4 is 5.73 Å². The van der Waals surface area contributed by atoms with E-state index in [9.17, 15) is 4.39 Å². The molecule has 1 heterocycles. The molecule has 5 heteroatoms. The lowest BCUT2D eigenvalue weighted by Crippen LogP contribution is -2.13. The maximum absolute atomic E-state index is 13.2. The quantitative estimate of drug-likeness (QED) is 0.914. The molecule has 0 radical (unpaired) electrons. The molecule has 1 aromatic carbocycles. The number of hydrogen-bond donors (Lipinski definition) is 1. The summed E-state index contributed by atoms with van der Waals surface area (Å²) < 4.78 is 14.8. The summed E-state index contributed by atoms with van der Waals surface area (Å²) in [5.74, 6) is 0.140. The zero-order valence-electron chi connectivity index (χ0n) is 11.2. The van der Waals surface area contributed by atoms with Crippen LogP contribution >= 0.6 is 11.6 Å². The molecule has 0 saturated heterocycles. The maximum Gasteiger partial charge on any atom is 0.141 e. The van der Waals surface area contributed by atoms with Gasteiger partial charge in [0.1, 0.15) is 16.7 Å². The Morgan fingerprint density at radius 1 is 1.37 bits per heavy atom. The summed E-state index contributed by atoms with van der Waals surface area (Å²) in [7, 11) is 0. The summed E-state index contributed by atoms with van der Waals surface area (Å²) in [5, 5.41) is 4.92. The van der Waals surface area contributed by atoms with Crippen LogP contribution in [0.3, 0.4) is 0 Å². The van der Waals surface area contributed by atoms with E-state index in [2.05, 4.69) is 5.10 Å². The monoisotopic (exact) mass is 281 g/mol. The number of rotatable bonds is 2. The second kappa shape index (κ2) is 4.85. The van der Waals surface area contributed by atoms with E-state index in [0.717, 1.165) is 11.3 Å². The molecule has 2 N–H and O–H groups in total. The van der Waals surface area contributed by atoms with Crippen LogP contribution in [-0.2, 0) is 12.0 Å². The molecule has 0 atom stereocenters. The molecular weight excluding hydrogens is 265 g/mol. The van der Waals surface area contributed by atoms with E-state index >= 15 is 0 Å². The highest BCUT2D eigenvalue weighted by molar-refractivity contribution is 6.33. The largest absolute Gasteiger partial charge is 0.383 e. The van der Waals surface area contributed by atoms with Crippen LogP contribution in [0.2, 0.25) is 5.02 Å². The average Bonchev–Trinajstić information content (AvgIpc) is 2.57. The number of benzene rings is 1. The predicted octanol–water partition coefficient (Wildman–Crippen LogP) is 3.60. The van der Waals surface area contributed by atoms with Gasteiger partial charge in [-0.15, -0.1) is 0 Å². The molecule has 2 rings (SSSR count). The topological polar surface area (TPSA) is 43.8 Å². The minimum absolute atomic E-state index is 0.182. The van der Waals surface area contributed by atoms with Crippen molar-refractivity contribution in [1.82, 2.24) is 9.78 Å². The molecule has 0 spiro atoms. The summed E-state index contributed by atoms with van der Waals surface area (Å²) in [6, 6.07) is 6.36. The summed E-state index contributed by atoms with van der Waals surface area (Å²) in [4.78, 5) is 0. The molecule has 0 saturated carbocycles. The van der Waals surface area contributed by atoms with Gasteiger partial charge in [-0.1, -0.05) is 44.5 Å². The van der Waals surface area contributed by atoms with Gasteiger partial charge >= 0.3 is 0 Å². The number of nitrogens with zero attached hydrogens (tertiary/aromatic N) is 2. The minimum atomic E-state index is -0.273. The standard InChI is InChI=1S/C14H17ClFN3/c1-14(2,3)12-11(15)13(17)19(18-12)8-9-5-4-6-10(16)7-9/h4-7H,8,17H2,1-3H3. The van der Waals surface area contributed by atoms with E-state index in [1.807, 2.05) is 26.8 Å². The number of nitrogens with two attached hydrogens (primary N) is 1. The van der Waals surface area contributed by atoms with Gasteiger partial charge in [0.05, 0.1) is 12.2 Å². The van der Waals surface area contributed by atoms with Crippen LogP contribution in [0, 0.1) is 5.82 Å². The van der Waals surface area contributed by atoms with Crippen molar-refractivity contribution in [3.8, 4) is 0 Å². The van der Waals surface area contributed by atoms with Gasteiger partial charge in [0, 0.05) is 5.41 Å². The third kappa shape index (κ3) is 2.89. The van der Waals surface area contributed by atoms with E-state index in [1.54, 1.807) is 10.7 Å². The number of anilines is 1. The Kier molecular flexibility index (Phi) is 3.54. The molecule has 2 aromatic rings. The predicted molar refractivity (Wildman–Crippen MR) is 75.9 cm³/mol. The molecule has 0 fully saturated rings. The van der Waals surface area contributed by atoms with Crippen molar-refractivity contribution in [2.45, 2.75) is 32.7 Å². The van der Waals surface area contributed by atoms with Gasteiger partial charge in [-0.3, -0.25) is 0 Å². The zero-order valence-corrected chi connectivity index (χ0v) is 12.0. The second-order valence-electron chi connectivity index (χ2n) is 5.59. The molecule has 0 bridgehead atoms. The lowest BCUT2D eigenvalue weighted by Gasteiger charge is -2.15. The summed E-state index contributed by atoms with van der Waals surface area (Å²) in [5.41, 5.74) is 7.33. The first-order valence-corrected chi connectivity index (χ1v) is 6.43. The molecule has 0 aliphatic heterocycles. The van der Waals surface area contributed by atoms with Crippen LogP contribution in [-0.4, -0.2) is 9.78 Å². The van der Waals surface area contributed by atoms with Crippen LogP contribution in [0.4, 0.5) is 10.2 Å². The van der Waals surface area contributed by atoms with Gasteiger partial charge < -0.3 is 5.73 Å². The fourth-order valence-electron chi connectivity index (χ4n) is 1.86. The Labute approximate surface area is 117 Å². The highest BCUT2D eigenvalue weighted by Crippen LogP contribution is 2.32. The van der Waals surface area contributed by atoms with Crippen LogP contribution in [0.15, 0.2) is 24.3 Å². The van der Waals surface area contributed by atoms with Gasteiger partial charge in [0.2, 0.25) is 0 Å². The highest BCUT2D eigenvalue weighted by Gasteiger charge is 2.24. The van der Waals surface area contributed by atoms with Crippen LogP contribution in [0.5, 0.6) is 0 Å². The van der Waals surface area contributed by atoms with Crippen LogP contribution in [0.1, 0.15) is 32.0 Å². The highest BCUT2D eigenvalue weighted by atomic mass is 35.5. The Balaban J connectivity index is 2.37. The molecule has 0 unspecified atom stereocenters. The number of hydrogen-bond acceptors (Lipinski definition) is 2. The second-order valence-corrected chi connectivity index (χ2v) is 5.96. The fraction of sp³-hybridized carbons (Fsp3) is 0.357. The van der Waals surface area contributed by atoms with E-state index in [1.165, 1.54) is 12.1 Å². The third-order valence-corrected chi connectivity index (χ3v) is 3.24. The Morgan fingerprint density at radius 2 is 2.05 bits per heavy atom. The van der Waals surface area contributed by atoms with Gasteiger partial charge in [-0.25, -0.2) is 9.07 Å². The third-order valence-electron chi connectivity index (χ3n) is 2.86. The Morgan fingerprint density at radius 3 is 2.58 bits per heavy atom. The van der Waals surface area contributed by atoms with E-state index in [0.29, 0.717) is 17.4 Å². The van der Waals surface area contributed by atoms with Crippen molar-refractivity contribution in [1.29, 1.82) is 0 Å². The number of nitrogen functional groups attached to an aromatic ring is 1. The normalized spacial score (nSPS) is 11.8. The summed E-state index contributed by atoms with van der Waals surface area (Å²) >= 11 is 6.21. The SMILES string of the molecule is CC(C)(C)c1nn(Cc2cccc(F)c2)c(N)c1Cl. The summed E-state index contributed by atoms with van der Waals surface area (Å²) in [6.45, 7) is 6.47. The molecule has 102 valence electrons. The van der Waals surface area contributed by atoms with Gasteiger partial charge in [0.25, 0.3) is 0 Å². The first-order valence-electron chi connectivity index (χ1n) is 6.06. The fourth-order valence-corrected chi connectivity index (χ4v) is 2.28. The lowest BCUT2D eigenvalue weighted by molar-refractivity contribution is 0.545.